The number of esters is 1. The summed E-state index contributed by atoms with van der Waals surface area (Å²) >= 11 is 0. The highest BCUT2D eigenvalue weighted by atomic mass is 16.5. The highest BCUT2D eigenvalue weighted by Gasteiger charge is 2.28. The van der Waals surface area contributed by atoms with Crippen molar-refractivity contribution in [3.05, 3.63) is 57.6 Å². The number of carbonyl (C=O) groups is 1. The van der Waals surface area contributed by atoms with Crippen molar-refractivity contribution in [2.75, 3.05) is 13.2 Å². The van der Waals surface area contributed by atoms with Crippen LogP contribution in [0.2, 0.25) is 0 Å². The molecule has 2 aromatic rings. The number of phenolic OH excluding ortho intramolecular Hbond substituents is 2. The molecule has 0 spiro atoms. The summed E-state index contributed by atoms with van der Waals surface area (Å²) in [5, 5.41) is 30.4. The van der Waals surface area contributed by atoms with E-state index < -0.39 is 5.97 Å². The van der Waals surface area contributed by atoms with E-state index in [1.165, 1.54) is 0 Å². The summed E-state index contributed by atoms with van der Waals surface area (Å²) in [6.45, 7) is 15.7. The first-order valence-corrected chi connectivity index (χ1v) is 11.1. The molecule has 0 saturated carbocycles. The Kier molecular flexibility index (Phi) is 7.67. The van der Waals surface area contributed by atoms with Gasteiger partial charge in [-0.3, -0.25) is 4.79 Å². The molecule has 2 aromatic carbocycles. The average Bonchev–Trinajstić information content (AvgIpc) is 2.66. The second-order valence-electron chi connectivity index (χ2n) is 10.7. The molecule has 5 heteroatoms. The number of hydrogen-bond donors (Lipinski definition) is 3. The zero-order chi connectivity index (χ0) is 24.4. The van der Waals surface area contributed by atoms with Gasteiger partial charge in [0, 0.05) is 5.92 Å². The van der Waals surface area contributed by atoms with E-state index in [1.807, 2.05) is 79.7 Å². The quantitative estimate of drug-likeness (QED) is 0.524. The number of rotatable bonds is 6. The van der Waals surface area contributed by atoms with Gasteiger partial charge in [-0.1, -0.05) is 65.8 Å². The molecule has 0 aliphatic heterocycles. The Bertz CT molecular complexity index is 908. The van der Waals surface area contributed by atoms with Crippen molar-refractivity contribution < 1.29 is 24.9 Å². The van der Waals surface area contributed by atoms with Crippen molar-refractivity contribution in [3.63, 3.8) is 0 Å². The van der Waals surface area contributed by atoms with E-state index in [9.17, 15) is 15.0 Å². The molecule has 0 aromatic heterocycles. The van der Waals surface area contributed by atoms with Crippen LogP contribution >= 0.6 is 0 Å². The molecule has 0 atom stereocenters. The minimum atomic E-state index is -0.407. The summed E-state index contributed by atoms with van der Waals surface area (Å²) in [6, 6.07) is 7.75. The molecule has 0 unspecified atom stereocenters. The Morgan fingerprint density at radius 1 is 0.844 bits per heavy atom. The number of benzene rings is 2. The molecule has 0 heterocycles. The van der Waals surface area contributed by atoms with E-state index in [4.69, 9.17) is 9.84 Å². The molecule has 176 valence electrons. The second kappa shape index (κ2) is 9.53. The van der Waals surface area contributed by atoms with E-state index in [0.717, 1.165) is 33.4 Å². The third kappa shape index (κ3) is 5.83. The Labute approximate surface area is 192 Å². The summed E-state index contributed by atoms with van der Waals surface area (Å²) in [4.78, 5) is 12.6. The highest BCUT2D eigenvalue weighted by molar-refractivity contribution is 5.72. The SMILES string of the molecule is Cc1cc(C(CC(=O)OCCO)c2cc(C)c(O)c(C(C)(C)C)c2)cc(C(C)(C)C)c1O. The molecule has 32 heavy (non-hydrogen) atoms. The van der Waals surface area contributed by atoms with Crippen molar-refractivity contribution in [1.82, 2.24) is 0 Å². The van der Waals surface area contributed by atoms with Gasteiger partial charge in [0.15, 0.2) is 0 Å². The Balaban J connectivity index is 2.72. The fraction of sp³-hybridized carbons (Fsp3) is 0.519. The molecule has 0 aliphatic rings. The minimum Gasteiger partial charge on any atom is -0.507 e. The molecule has 0 saturated heterocycles. The van der Waals surface area contributed by atoms with Gasteiger partial charge < -0.3 is 20.1 Å². The number of phenols is 2. The molecular weight excluding hydrogens is 404 g/mol. The fourth-order valence-electron chi connectivity index (χ4n) is 3.97. The van der Waals surface area contributed by atoms with Crippen LogP contribution in [0.4, 0.5) is 0 Å². The number of aromatic hydroxyl groups is 2. The van der Waals surface area contributed by atoms with Crippen LogP contribution in [0.1, 0.15) is 87.3 Å². The van der Waals surface area contributed by atoms with E-state index in [2.05, 4.69) is 0 Å². The van der Waals surface area contributed by atoms with Crippen LogP contribution in [0, 0.1) is 13.8 Å². The molecule has 0 aliphatic carbocycles. The first-order chi connectivity index (χ1) is 14.7. The van der Waals surface area contributed by atoms with Crippen LogP contribution in [0.3, 0.4) is 0 Å². The van der Waals surface area contributed by atoms with Gasteiger partial charge in [-0.25, -0.2) is 0 Å². The number of ether oxygens (including phenoxy) is 1. The van der Waals surface area contributed by atoms with Gasteiger partial charge >= 0.3 is 5.97 Å². The summed E-state index contributed by atoms with van der Waals surface area (Å²) in [6.07, 6.45) is 0.0849. The minimum absolute atomic E-state index is 0.0464. The molecule has 3 N–H and O–H groups in total. The Morgan fingerprint density at radius 3 is 1.59 bits per heavy atom. The van der Waals surface area contributed by atoms with Crippen LogP contribution in [0.15, 0.2) is 24.3 Å². The van der Waals surface area contributed by atoms with Crippen molar-refractivity contribution >= 4 is 5.97 Å². The van der Waals surface area contributed by atoms with Crippen LogP contribution in [0.5, 0.6) is 11.5 Å². The van der Waals surface area contributed by atoms with E-state index in [1.54, 1.807) is 0 Å². The van der Waals surface area contributed by atoms with Gasteiger partial charge in [0.05, 0.1) is 13.0 Å². The molecule has 0 bridgehead atoms. The first-order valence-electron chi connectivity index (χ1n) is 11.1. The third-order valence-electron chi connectivity index (χ3n) is 5.79. The fourth-order valence-corrected chi connectivity index (χ4v) is 3.97. The maximum atomic E-state index is 12.6. The van der Waals surface area contributed by atoms with Crippen LogP contribution in [0.25, 0.3) is 0 Å². The van der Waals surface area contributed by atoms with E-state index in [0.29, 0.717) is 0 Å². The molecular formula is C27H38O5. The summed E-state index contributed by atoms with van der Waals surface area (Å²) in [5.74, 6) is -0.211. The van der Waals surface area contributed by atoms with Gasteiger partial charge in [0.25, 0.3) is 0 Å². The van der Waals surface area contributed by atoms with E-state index >= 15 is 0 Å². The first kappa shape index (κ1) is 25.7. The molecule has 0 radical (unpaired) electrons. The number of aryl methyl sites for hydroxylation is 2. The summed E-state index contributed by atoms with van der Waals surface area (Å²) < 4.78 is 5.18. The maximum absolute atomic E-state index is 12.6. The van der Waals surface area contributed by atoms with Crippen LogP contribution in [-0.2, 0) is 20.4 Å². The number of aliphatic hydroxyl groups excluding tert-OH is 1. The summed E-state index contributed by atoms with van der Waals surface area (Å²) in [5.41, 5.74) is 4.34. The normalized spacial score (nSPS) is 12.3. The molecule has 0 fully saturated rings. The lowest BCUT2D eigenvalue weighted by Gasteiger charge is -2.27. The molecule has 5 nitrogen and oxygen atoms in total. The maximum Gasteiger partial charge on any atom is 0.306 e. The van der Waals surface area contributed by atoms with Crippen LogP contribution < -0.4 is 0 Å². The Hall–Kier alpha value is -2.53. The van der Waals surface area contributed by atoms with Gasteiger partial charge in [-0.2, -0.15) is 0 Å². The lowest BCUT2D eigenvalue weighted by Crippen LogP contribution is -2.18. The third-order valence-corrected chi connectivity index (χ3v) is 5.79. The van der Waals surface area contributed by atoms with Crippen molar-refractivity contribution in [1.29, 1.82) is 0 Å². The molecule has 2 rings (SSSR count). The number of aliphatic hydroxyl groups is 1. The predicted molar refractivity (Wildman–Crippen MR) is 128 cm³/mol. The lowest BCUT2D eigenvalue weighted by molar-refractivity contribution is -0.144. The van der Waals surface area contributed by atoms with Crippen LogP contribution in [-0.4, -0.2) is 34.5 Å². The highest BCUT2D eigenvalue weighted by Crippen LogP contribution is 2.41. The van der Waals surface area contributed by atoms with E-state index in [-0.39, 0.29) is 47.9 Å². The van der Waals surface area contributed by atoms with Gasteiger partial charge in [-0.15, -0.1) is 0 Å². The molecule has 0 amide bonds. The number of hydrogen-bond acceptors (Lipinski definition) is 5. The topological polar surface area (TPSA) is 87.0 Å². The second-order valence-corrected chi connectivity index (χ2v) is 10.7. The Morgan fingerprint density at radius 2 is 1.25 bits per heavy atom. The zero-order valence-electron chi connectivity index (χ0n) is 20.7. The predicted octanol–water partition coefficient (Wildman–Crippen LogP) is 5.37. The van der Waals surface area contributed by atoms with Gasteiger partial charge in [0.1, 0.15) is 18.1 Å². The van der Waals surface area contributed by atoms with Gasteiger partial charge in [-0.05, 0) is 58.1 Å². The smallest absolute Gasteiger partial charge is 0.306 e. The average molecular weight is 443 g/mol. The standard InChI is InChI=1S/C27H38O5/c1-16-11-18(13-21(24(16)30)26(3,4)5)20(15-23(29)32-10-9-28)19-12-17(2)25(31)22(14-19)27(6,7)8/h11-14,20,28,30-31H,9-10,15H2,1-8H3. The van der Waals surface area contributed by atoms with Gasteiger partial charge in [0.2, 0.25) is 0 Å². The zero-order valence-corrected chi connectivity index (χ0v) is 20.7. The van der Waals surface area contributed by atoms with Crippen molar-refractivity contribution in [2.24, 2.45) is 0 Å². The summed E-state index contributed by atoms with van der Waals surface area (Å²) in [7, 11) is 0. The number of carbonyl (C=O) groups excluding carboxylic acids is 1. The largest absolute Gasteiger partial charge is 0.507 e. The van der Waals surface area contributed by atoms with Crippen molar-refractivity contribution in [2.45, 2.75) is 78.6 Å². The lowest BCUT2D eigenvalue weighted by atomic mass is 9.78. The van der Waals surface area contributed by atoms with Crippen molar-refractivity contribution in [3.8, 4) is 11.5 Å². The monoisotopic (exact) mass is 442 g/mol.